The predicted octanol–water partition coefficient (Wildman–Crippen LogP) is 4.01. The lowest BCUT2D eigenvalue weighted by molar-refractivity contribution is 0.112. The molecule has 1 fully saturated rings. The van der Waals surface area contributed by atoms with E-state index in [2.05, 4.69) is 42.2 Å². The third-order valence-electron chi connectivity index (χ3n) is 4.25. The van der Waals surface area contributed by atoms with Crippen molar-refractivity contribution in [3.8, 4) is 11.1 Å². The number of carbonyl (C=O) groups excluding carboxylic acids is 1. The van der Waals surface area contributed by atoms with Crippen LogP contribution < -0.4 is 0 Å². The zero-order valence-electron chi connectivity index (χ0n) is 12.5. The molecule has 0 amide bonds. The van der Waals surface area contributed by atoms with Crippen LogP contribution in [0.5, 0.6) is 0 Å². The SMILES string of the molecule is C[C@@H]1CCN(Cc2cc(C=O)ccc2-c2ccccc2)C1. The highest BCUT2D eigenvalue weighted by Crippen LogP contribution is 2.27. The van der Waals surface area contributed by atoms with Gasteiger partial charge in [0.1, 0.15) is 6.29 Å². The van der Waals surface area contributed by atoms with Crippen molar-refractivity contribution in [2.24, 2.45) is 5.92 Å². The minimum absolute atomic E-state index is 0.761. The van der Waals surface area contributed by atoms with Crippen molar-refractivity contribution in [1.29, 1.82) is 0 Å². The molecule has 1 aliphatic heterocycles. The summed E-state index contributed by atoms with van der Waals surface area (Å²) in [6, 6.07) is 16.4. The van der Waals surface area contributed by atoms with Gasteiger partial charge in [-0.25, -0.2) is 0 Å². The number of benzene rings is 2. The maximum atomic E-state index is 11.1. The van der Waals surface area contributed by atoms with Crippen molar-refractivity contribution in [3.05, 3.63) is 59.7 Å². The van der Waals surface area contributed by atoms with Crippen LogP contribution in [0.1, 0.15) is 29.3 Å². The van der Waals surface area contributed by atoms with Crippen molar-refractivity contribution >= 4 is 6.29 Å². The van der Waals surface area contributed by atoms with Crippen molar-refractivity contribution in [2.75, 3.05) is 13.1 Å². The lowest BCUT2D eigenvalue weighted by atomic mass is 9.97. The Labute approximate surface area is 126 Å². The summed E-state index contributed by atoms with van der Waals surface area (Å²) in [5.74, 6) is 0.777. The number of rotatable bonds is 4. The first-order chi connectivity index (χ1) is 10.3. The fourth-order valence-electron chi connectivity index (χ4n) is 3.13. The molecule has 1 atom stereocenters. The first kappa shape index (κ1) is 14.0. The molecule has 0 aromatic heterocycles. The average Bonchev–Trinajstić information content (AvgIpc) is 2.93. The summed E-state index contributed by atoms with van der Waals surface area (Å²) < 4.78 is 0. The lowest BCUT2D eigenvalue weighted by Gasteiger charge is -2.18. The van der Waals surface area contributed by atoms with Gasteiger partial charge < -0.3 is 0 Å². The van der Waals surface area contributed by atoms with Gasteiger partial charge in [0.25, 0.3) is 0 Å². The number of hydrogen-bond donors (Lipinski definition) is 0. The van der Waals surface area contributed by atoms with Crippen LogP contribution in [0, 0.1) is 5.92 Å². The van der Waals surface area contributed by atoms with Crippen LogP contribution in [-0.2, 0) is 6.54 Å². The van der Waals surface area contributed by atoms with E-state index in [0.717, 1.165) is 37.4 Å². The van der Waals surface area contributed by atoms with E-state index in [4.69, 9.17) is 0 Å². The van der Waals surface area contributed by atoms with Crippen molar-refractivity contribution in [1.82, 2.24) is 4.90 Å². The van der Waals surface area contributed by atoms with Crippen molar-refractivity contribution in [2.45, 2.75) is 19.9 Å². The Morgan fingerprint density at radius 3 is 2.67 bits per heavy atom. The molecule has 1 aliphatic rings. The highest BCUT2D eigenvalue weighted by atomic mass is 16.1. The molecule has 0 aliphatic carbocycles. The third kappa shape index (κ3) is 3.22. The van der Waals surface area contributed by atoms with E-state index in [1.165, 1.54) is 23.1 Å². The zero-order valence-corrected chi connectivity index (χ0v) is 12.5. The van der Waals surface area contributed by atoms with Gasteiger partial charge in [0.15, 0.2) is 0 Å². The molecule has 3 rings (SSSR count). The molecule has 0 saturated carbocycles. The summed E-state index contributed by atoms with van der Waals surface area (Å²) >= 11 is 0. The molecule has 0 bridgehead atoms. The van der Waals surface area contributed by atoms with Crippen LogP contribution in [0.3, 0.4) is 0 Å². The standard InChI is InChI=1S/C19H21NO/c1-15-9-10-20(12-15)13-18-11-16(14-21)7-8-19(18)17-5-3-2-4-6-17/h2-8,11,14-15H,9-10,12-13H2,1H3/t15-/m1/s1. The molecule has 108 valence electrons. The Morgan fingerprint density at radius 1 is 1.19 bits per heavy atom. The van der Waals surface area contributed by atoms with Gasteiger partial charge in [-0.05, 0) is 41.6 Å². The van der Waals surface area contributed by atoms with Crippen LogP contribution >= 0.6 is 0 Å². The zero-order chi connectivity index (χ0) is 14.7. The van der Waals surface area contributed by atoms with Gasteiger partial charge in [0.05, 0.1) is 0 Å². The minimum atomic E-state index is 0.761. The van der Waals surface area contributed by atoms with E-state index in [1.807, 2.05) is 18.2 Å². The molecule has 0 N–H and O–H groups in total. The summed E-state index contributed by atoms with van der Waals surface area (Å²) in [6.07, 6.45) is 2.21. The smallest absolute Gasteiger partial charge is 0.150 e. The van der Waals surface area contributed by atoms with Crippen molar-refractivity contribution in [3.63, 3.8) is 0 Å². The van der Waals surface area contributed by atoms with E-state index < -0.39 is 0 Å². The van der Waals surface area contributed by atoms with Crippen molar-refractivity contribution < 1.29 is 4.79 Å². The third-order valence-corrected chi connectivity index (χ3v) is 4.25. The Kier molecular flexibility index (Phi) is 4.16. The molecule has 0 spiro atoms. The highest BCUT2D eigenvalue weighted by Gasteiger charge is 2.19. The van der Waals surface area contributed by atoms with Crippen LogP contribution in [0.15, 0.2) is 48.5 Å². The number of carbonyl (C=O) groups is 1. The normalized spacial score (nSPS) is 18.8. The second-order valence-corrected chi connectivity index (χ2v) is 6.03. The minimum Gasteiger partial charge on any atom is -0.299 e. The van der Waals surface area contributed by atoms with Gasteiger partial charge in [-0.2, -0.15) is 0 Å². The van der Waals surface area contributed by atoms with E-state index in [1.54, 1.807) is 0 Å². The molecule has 2 aromatic rings. The van der Waals surface area contributed by atoms with E-state index in [9.17, 15) is 4.79 Å². The van der Waals surface area contributed by atoms with Gasteiger partial charge in [0, 0.05) is 18.7 Å². The molecule has 2 heteroatoms. The van der Waals surface area contributed by atoms with Gasteiger partial charge >= 0.3 is 0 Å². The molecular weight excluding hydrogens is 258 g/mol. The highest BCUT2D eigenvalue weighted by molar-refractivity contribution is 5.78. The summed E-state index contributed by atoms with van der Waals surface area (Å²) in [7, 11) is 0. The molecule has 21 heavy (non-hydrogen) atoms. The Balaban J connectivity index is 1.94. The largest absolute Gasteiger partial charge is 0.299 e. The number of nitrogens with zero attached hydrogens (tertiary/aromatic N) is 1. The summed E-state index contributed by atoms with van der Waals surface area (Å²) in [4.78, 5) is 13.6. The van der Waals surface area contributed by atoms with E-state index in [-0.39, 0.29) is 0 Å². The van der Waals surface area contributed by atoms with E-state index >= 15 is 0 Å². The Morgan fingerprint density at radius 2 is 2.00 bits per heavy atom. The summed E-state index contributed by atoms with van der Waals surface area (Å²) in [5, 5.41) is 0. The van der Waals surface area contributed by atoms with Gasteiger partial charge in [-0.15, -0.1) is 0 Å². The first-order valence-electron chi connectivity index (χ1n) is 7.62. The number of hydrogen-bond acceptors (Lipinski definition) is 2. The molecule has 2 aromatic carbocycles. The van der Waals surface area contributed by atoms with Gasteiger partial charge in [-0.1, -0.05) is 49.4 Å². The molecule has 1 heterocycles. The lowest BCUT2D eigenvalue weighted by Crippen LogP contribution is -2.20. The Hall–Kier alpha value is -1.93. The first-order valence-corrected chi connectivity index (χ1v) is 7.62. The monoisotopic (exact) mass is 279 g/mol. The van der Waals surface area contributed by atoms with Crippen LogP contribution in [0.4, 0.5) is 0 Å². The average molecular weight is 279 g/mol. The fourth-order valence-corrected chi connectivity index (χ4v) is 3.13. The maximum absolute atomic E-state index is 11.1. The Bertz CT molecular complexity index is 621. The maximum Gasteiger partial charge on any atom is 0.150 e. The second-order valence-electron chi connectivity index (χ2n) is 6.03. The predicted molar refractivity (Wildman–Crippen MR) is 86.3 cm³/mol. The van der Waals surface area contributed by atoms with Crippen LogP contribution in [0.25, 0.3) is 11.1 Å². The fraction of sp³-hybridized carbons (Fsp3) is 0.316. The molecule has 0 radical (unpaired) electrons. The van der Waals surface area contributed by atoms with Crippen LogP contribution in [0.2, 0.25) is 0 Å². The number of aldehydes is 1. The topological polar surface area (TPSA) is 20.3 Å². The molecule has 2 nitrogen and oxygen atoms in total. The van der Waals surface area contributed by atoms with Crippen LogP contribution in [-0.4, -0.2) is 24.3 Å². The number of likely N-dealkylation sites (tertiary alicyclic amines) is 1. The molecular formula is C19H21NO. The van der Waals surface area contributed by atoms with E-state index in [0.29, 0.717) is 0 Å². The molecule has 0 unspecified atom stereocenters. The van der Waals surface area contributed by atoms with Gasteiger partial charge in [-0.3, -0.25) is 9.69 Å². The molecule has 1 saturated heterocycles. The van der Waals surface area contributed by atoms with Gasteiger partial charge in [0.2, 0.25) is 0 Å². The summed E-state index contributed by atoms with van der Waals surface area (Å²) in [6.45, 7) is 5.54. The second kappa shape index (κ2) is 6.23. The quantitative estimate of drug-likeness (QED) is 0.788. The summed E-state index contributed by atoms with van der Waals surface area (Å²) in [5.41, 5.74) is 4.47.